The van der Waals surface area contributed by atoms with Gasteiger partial charge in [-0.2, -0.15) is 4.98 Å². The number of amides is 2. The lowest BCUT2D eigenvalue weighted by molar-refractivity contribution is -0.114. The summed E-state index contributed by atoms with van der Waals surface area (Å²) in [6, 6.07) is 9.12. The molecule has 1 atom stereocenters. The minimum atomic E-state index is -0.402. The zero-order valence-electron chi connectivity index (χ0n) is 14.0. The number of rotatable bonds is 5. The van der Waals surface area contributed by atoms with Crippen LogP contribution in [0.2, 0.25) is 0 Å². The van der Waals surface area contributed by atoms with Crippen molar-refractivity contribution in [2.24, 2.45) is 0 Å². The quantitative estimate of drug-likeness (QED) is 0.867. The molecule has 0 aliphatic carbocycles. The molecule has 1 saturated heterocycles. The Morgan fingerprint density at radius 3 is 2.92 bits per heavy atom. The molecule has 0 bridgehead atoms. The van der Waals surface area contributed by atoms with Crippen LogP contribution < -0.4 is 15.5 Å². The zero-order chi connectivity index (χ0) is 17.8. The largest absolute Gasteiger partial charge is 0.447 e. The number of nitrogens with one attached hydrogen (secondary N) is 2. The molecule has 1 aromatic heterocycles. The van der Waals surface area contributed by atoms with Crippen LogP contribution in [0.3, 0.4) is 0 Å². The summed E-state index contributed by atoms with van der Waals surface area (Å²) in [7, 11) is 0. The van der Waals surface area contributed by atoms with E-state index in [9.17, 15) is 9.59 Å². The number of nitrogens with zero attached hydrogens (tertiary/aromatic N) is 3. The van der Waals surface area contributed by atoms with Gasteiger partial charge in [-0.3, -0.25) is 9.69 Å². The van der Waals surface area contributed by atoms with Gasteiger partial charge >= 0.3 is 6.09 Å². The smallest absolute Gasteiger partial charge is 0.415 e. The molecule has 25 heavy (non-hydrogen) atoms. The summed E-state index contributed by atoms with van der Waals surface area (Å²) in [6.07, 6.45) is 1.19. The van der Waals surface area contributed by atoms with Crippen LogP contribution in [0.15, 0.2) is 36.5 Å². The first kappa shape index (κ1) is 16.7. The molecule has 0 saturated carbocycles. The molecule has 2 N–H and O–H groups in total. The van der Waals surface area contributed by atoms with E-state index in [1.54, 1.807) is 12.3 Å². The van der Waals surface area contributed by atoms with E-state index >= 15 is 0 Å². The van der Waals surface area contributed by atoms with Crippen molar-refractivity contribution in [1.82, 2.24) is 9.97 Å². The molecular formula is C17H19N5O3. The van der Waals surface area contributed by atoms with Gasteiger partial charge < -0.3 is 15.4 Å². The summed E-state index contributed by atoms with van der Waals surface area (Å²) >= 11 is 0. The van der Waals surface area contributed by atoms with Crippen LogP contribution >= 0.6 is 0 Å². The molecule has 3 rings (SSSR count). The van der Waals surface area contributed by atoms with Crippen molar-refractivity contribution < 1.29 is 14.3 Å². The van der Waals surface area contributed by atoms with Crippen molar-refractivity contribution in [2.45, 2.75) is 19.9 Å². The average Bonchev–Trinajstić information content (AvgIpc) is 3.01. The molecule has 8 nitrogen and oxygen atoms in total. The van der Waals surface area contributed by atoms with Gasteiger partial charge in [-0.25, -0.2) is 9.78 Å². The van der Waals surface area contributed by atoms with Crippen LogP contribution in [0.4, 0.5) is 22.2 Å². The molecule has 1 aromatic carbocycles. The molecule has 0 unspecified atom stereocenters. The third kappa shape index (κ3) is 4.03. The van der Waals surface area contributed by atoms with E-state index in [-0.39, 0.29) is 11.9 Å². The van der Waals surface area contributed by atoms with Crippen molar-refractivity contribution in [2.75, 3.05) is 28.7 Å². The predicted octanol–water partition coefficient (Wildman–Crippen LogP) is 2.56. The Bertz CT molecular complexity index is 795. The fraction of sp³-hybridized carbons (Fsp3) is 0.294. The second-order valence-corrected chi connectivity index (χ2v) is 5.68. The van der Waals surface area contributed by atoms with E-state index in [1.165, 1.54) is 11.8 Å². The average molecular weight is 341 g/mol. The third-order valence-corrected chi connectivity index (χ3v) is 3.73. The fourth-order valence-electron chi connectivity index (χ4n) is 2.54. The number of benzene rings is 1. The van der Waals surface area contributed by atoms with Gasteiger partial charge in [0.2, 0.25) is 11.9 Å². The van der Waals surface area contributed by atoms with Gasteiger partial charge in [0.25, 0.3) is 0 Å². The zero-order valence-corrected chi connectivity index (χ0v) is 14.0. The number of hydrogen-bond acceptors (Lipinski definition) is 6. The van der Waals surface area contributed by atoms with E-state index < -0.39 is 6.09 Å². The minimum absolute atomic E-state index is 0.0884. The molecule has 130 valence electrons. The summed E-state index contributed by atoms with van der Waals surface area (Å²) in [5, 5.41) is 5.96. The maximum Gasteiger partial charge on any atom is 0.415 e. The van der Waals surface area contributed by atoms with Crippen molar-refractivity contribution >= 4 is 29.5 Å². The highest BCUT2D eigenvalue weighted by Crippen LogP contribution is 2.22. The normalized spacial score (nSPS) is 14.8. The summed E-state index contributed by atoms with van der Waals surface area (Å²) in [6.45, 7) is 4.27. The highest BCUT2D eigenvalue weighted by atomic mass is 16.6. The molecule has 2 aromatic rings. The van der Waals surface area contributed by atoms with Gasteiger partial charge in [-0.15, -0.1) is 0 Å². The van der Waals surface area contributed by atoms with E-state index in [0.29, 0.717) is 24.9 Å². The van der Waals surface area contributed by atoms with Crippen molar-refractivity contribution in [3.8, 4) is 0 Å². The van der Waals surface area contributed by atoms with Crippen LogP contribution in [0.5, 0.6) is 0 Å². The maximum absolute atomic E-state index is 11.6. The Balaban J connectivity index is 1.73. The van der Waals surface area contributed by atoms with Crippen molar-refractivity contribution in [3.63, 3.8) is 0 Å². The van der Waals surface area contributed by atoms with Gasteiger partial charge in [0.05, 0.1) is 12.6 Å². The minimum Gasteiger partial charge on any atom is -0.447 e. The molecule has 1 aliphatic rings. The Labute approximate surface area is 145 Å². The fourth-order valence-corrected chi connectivity index (χ4v) is 2.54. The highest BCUT2D eigenvalue weighted by molar-refractivity contribution is 5.89. The molecule has 1 aliphatic heterocycles. The molecule has 1 fully saturated rings. The van der Waals surface area contributed by atoms with Gasteiger partial charge in [0.15, 0.2) is 0 Å². The lowest BCUT2D eigenvalue weighted by atomic mass is 10.1. The summed E-state index contributed by atoms with van der Waals surface area (Å²) < 4.78 is 4.93. The number of carbonyl (C=O) groups is 2. The number of anilines is 3. The predicted molar refractivity (Wildman–Crippen MR) is 93.5 cm³/mol. The van der Waals surface area contributed by atoms with Crippen LogP contribution in [0.1, 0.15) is 25.5 Å². The number of ether oxygens (including phenoxy) is 1. The molecule has 0 spiro atoms. The standard InChI is InChI=1S/C17H19N5O3/c1-11(13-4-3-5-14(10-13)20-12(2)23)19-16-18-7-6-15(21-16)22-8-9-25-17(22)24/h3-7,10-11H,8-9H2,1-2H3,(H,20,23)(H,18,19,21)/t11-/m0/s1. The van der Waals surface area contributed by atoms with Gasteiger partial charge in [0, 0.05) is 18.8 Å². The van der Waals surface area contributed by atoms with Crippen molar-refractivity contribution in [3.05, 3.63) is 42.1 Å². The van der Waals surface area contributed by atoms with Gasteiger partial charge in [-0.05, 0) is 30.7 Å². The van der Waals surface area contributed by atoms with Crippen LogP contribution in [-0.4, -0.2) is 35.1 Å². The third-order valence-electron chi connectivity index (χ3n) is 3.73. The number of cyclic esters (lactones) is 1. The maximum atomic E-state index is 11.6. The molecule has 8 heteroatoms. The Morgan fingerprint density at radius 1 is 1.36 bits per heavy atom. The van der Waals surface area contributed by atoms with E-state index in [1.807, 2.05) is 31.2 Å². The monoisotopic (exact) mass is 341 g/mol. The number of aromatic nitrogens is 2. The van der Waals surface area contributed by atoms with Crippen LogP contribution in [-0.2, 0) is 9.53 Å². The summed E-state index contributed by atoms with van der Waals surface area (Å²) in [5.41, 5.74) is 1.70. The van der Waals surface area contributed by atoms with Crippen molar-refractivity contribution in [1.29, 1.82) is 0 Å². The van der Waals surface area contributed by atoms with Crippen LogP contribution in [0.25, 0.3) is 0 Å². The van der Waals surface area contributed by atoms with E-state index in [4.69, 9.17) is 4.74 Å². The second kappa shape index (κ2) is 7.16. The number of hydrogen-bond donors (Lipinski definition) is 2. The van der Waals surface area contributed by atoms with Gasteiger partial charge in [-0.1, -0.05) is 12.1 Å². The Hall–Kier alpha value is -3.16. The van der Waals surface area contributed by atoms with Gasteiger partial charge in [0.1, 0.15) is 12.4 Å². The SMILES string of the molecule is CC(=O)Nc1cccc([C@H](C)Nc2nccc(N3CCOC3=O)n2)c1. The lowest BCUT2D eigenvalue weighted by Crippen LogP contribution is -2.25. The molecule has 2 heterocycles. The highest BCUT2D eigenvalue weighted by Gasteiger charge is 2.25. The first-order valence-electron chi connectivity index (χ1n) is 7.94. The summed E-state index contributed by atoms with van der Waals surface area (Å²) in [5.74, 6) is 0.792. The first-order chi connectivity index (χ1) is 12.0. The Morgan fingerprint density at radius 2 is 2.20 bits per heavy atom. The lowest BCUT2D eigenvalue weighted by Gasteiger charge is -2.17. The molecular weight excluding hydrogens is 322 g/mol. The molecule has 2 amide bonds. The molecule has 0 radical (unpaired) electrons. The summed E-state index contributed by atoms with van der Waals surface area (Å²) in [4.78, 5) is 32.9. The van der Waals surface area contributed by atoms with Crippen LogP contribution in [0, 0.1) is 0 Å². The second-order valence-electron chi connectivity index (χ2n) is 5.68. The number of carbonyl (C=O) groups excluding carboxylic acids is 2. The topological polar surface area (TPSA) is 96.5 Å². The first-order valence-corrected chi connectivity index (χ1v) is 7.94. The Kier molecular flexibility index (Phi) is 4.78. The van der Waals surface area contributed by atoms with E-state index in [2.05, 4.69) is 20.6 Å². The van der Waals surface area contributed by atoms with E-state index in [0.717, 1.165) is 11.3 Å².